The van der Waals surface area contributed by atoms with E-state index >= 15 is 0 Å². The normalized spacial score (nSPS) is 42.7. The summed E-state index contributed by atoms with van der Waals surface area (Å²) in [5, 5.41) is 25.0. The fourth-order valence-electron chi connectivity index (χ4n) is 8.21. The number of benzene rings is 1. The molecule has 0 radical (unpaired) electrons. The first-order chi connectivity index (χ1) is 14.6. The van der Waals surface area contributed by atoms with Crippen molar-refractivity contribution in [3.63, 3.8) is 0 Å². The molecule has 7 rings (SSSR count). The van der Waals surface area contributed by atoms with Crippen molar-refractivity contribution in [2.75, 3.05) is 20.3 Å². The molecule has 1 aromatic rings. The molecule has 4 aliphatic carbocycles. The van der Waals surface area contributed by atoms with Gasteiger partial charge in [0.25, 0.3) is 0 Å². The maximum atomic E-state index is 10.7. The third kappa shape index (κ3) is 1.92. The van der Waals surface area contributed by atoms with Crippen LogP contribution in [0.15, 0.2) is 24.3 Å². The molecule has 0 aromatic heterocycles. The number of hydrogen-bond donors (Lipinski definition) is 3. The van der Waals surface area contributed by atoms with Crippen LogP contribution in [0.5, 0.6) is 11.5 Å². The van der Waals surface area contributed by atoms with Crippen molar-refractivity contribution >= 4 is 0 Å². The molecule has 7 atom stereocenters. The molecule has 1 aromatic carbocycles. The van der Waals surface area contributed by atoms with Gasteiger partial charge in [-0.2, -0.15) is 0 Å². The van der Waals surface area contributed by atoms with Gasteiger partial charge in [0.1, 0.15) is 11.7 Å². The third-order valence-corrected chi connectivity index (χ3v) is 9.41. The number of rotatable bonds is 6. The molecular weight excluding hydrogens is 378 g/mol. The Balaban J connectivity index is 1.58. The minimum atomic E-state index is -0.579. The summed E-state index contributed by atoms with van der Waals surface area (Å²) < 4.78 is 13.1. The Bertz CT molecular complexity index is 915. The molecule has 2 spiro atoms. The van der Waals surface area contributed by atoms with Crippen LogP contribution >= 0.6 is 0 Å². The van der Waals surface area contributed by atoms with Crippen molar-refractivity contribution in [1.82, 2.24) is 5.32 Å². The quantitative estimate of drug-likeness (QED) is 0.628. The highest BCUT2D eigenvalue weighted by atomic mass is 16.6. The van der Waals surface area contributed by atoms with Gasteiger partial charge < -0.3 is 25.0 Å². The van der Waals surface area contributed by atoms with Crippen LogP contribution in [-0.2, 0) is 16.6 Å². The van der Waals surface area contributed by atoms with Gasteiger partial charge in [-0.1, -0.05) is 38.0 Å². The van der Waals surface area contributed by atoms with Crippen LogP contribution in [-0.4, -0.2) is 48.2 Å². The van der Waals surface area contributed by atoms with Crippen molar-refractivity contribution < 1.29 is 19.7 Å². The standard InChI is InChI=1S/C25H33NO4/c1-3-4-5-16(14-27)17-13-23-8-9-25(17,29-2)22-24(23)10-11-26-19(23)12-15-6-7-18(28)21(30-22)20(15)24/h6-9,16-17,19,22,26-28H,3-5,10-14H2,1-2H3/t16?,17-,19-,22-,23-,24+,25-/m1/s1. The highest BCUT2D eigenvalue weighted by molar-refractivity contribution is 5.65. The van der Waals surface area contributed by atoms with Gasteiger partial charge >= 0.3 is 0 Å². The molecule has 162 valence electrons. The lowest BCUT2D eigenvalue weighted by molar-refractivity contribution is -0.214. The zero-order valence-electron chi connectivity index (χ0n) is 18.0. The van der Waals surface area contributed by atoms with E-state index in [0.717, 1.165) is 45.1 Å². The lowest BCUT2D eigenvalue weighted by Crippen LogP contribution is -2.79. The SMILES string of the molecule is CCCCC(CO)[C@H]1C[C@@]23C=C[C@]1(OC)[C@@H]1Oc4c(O)ccc5c4[C@@]12CCN[C@@H]3C5. The number of fused-ring (bicyclic) bond motifs is 1. The van der Waals surface area contributed by atoms with Gasteiger partial charge in [0.15, 0.2) is 11.5 Å². The number of piperidine rings is 1. The molecule has 0 amide bonds. The maximum Gasteiger partial charge on any atom is 0.165 e. The molecule has 2 aliphatic heterocycles. The van der Waals surface area contributed by atoms with Crippen LogP contribution in [0.4, 0.5) is 0 Å². The van der Waals surface area contributed by atoms with E-state index in [4.69, 9.17) is 9.47 Å². The first-order valence-corrected chi connectivity index (χ1v) is 11.7. The molecule has 5 heteroatoms. The number of phenols is 1. The van der Waals surface area contributed by atoms with E-state index in [0.29, 0.717) is 11.8 Å². The molecule has 2 heterocycles. The van der Waals surface area contributed by atoms with E-state index in [1.165, 1.54) is 11.1 Å². The van der Waals surface area contributed by atoms with Crippen molar-refractivity contribution in [2.45, 2.75) is 68.6 Å². The molecule has 3 N–H and O–H groups in total. The number of unbranched alkanes of at least 4 members (excludes halogenated alkanes) is 1. The van der Waals surface area contributed by atoms with E-state index in [1.807, 2.05) is 0 Å². The summed E-state index contributed by atoms with van der Waals surface area (Å²) in [7, 11) is 1.80. The minimum Gasteiger partial charge on any atom is -0.504 e. The number of hydrogen-bond acceptors (Lipinski definition) is 5. The van der Waals surface area contributed by atoms with Crippen LogP contribution in [0.2, 0.25) is 0 Å². The molecular formula is C25H33NO4. The van der Waals surface area contributed by atoms with Crippen molar-refractivity contribution in [3.8, 4) is 11.5 Å². The van der Waals surface area contributed by atoms with Crippen molar-refractivity contribution in [1.29, 1.82) is 0 Å². The van der Waals surface area contributed by atoms with Gasteiger partial charge in [0.05, 0.1) is 5.41 Å². The van der Waals surface area contributed by atoms with Gasteiger partial charge in [0, 0.05) is 36.7 Å². The second kappa shape index (κ2) is 6.24. The summed E-state index contributed by atoms with van der Waals surface area (Å²) in [5.41, 5.74) is 1.73. The van der Waals surface area contributed by atoms with E-state index in [2.05, 4.69) is 30.5 Å². The molecule has 1 unspecified atom stereocenters. The number of nitrogens with one attached hydrogen (secondary N) is 1. The van der Waals surface area contributed by atoms with E-state index in [-0.39, 0.29) is 41.1 Å². The fraction of sp³-hybridized carbons (Fsp3) is 0.680. The minimum absolute atomic E-state index is 0.0630. The Hall–Kier alpha value is -1.56. The van der Waals surface area contributed by atoms with E-state index in [9.17, 15) is 10.2 Å². The topological polar surface area (TPSA) is 71.0 Å². The summed E-state index contributed by atoms with van der Waals surface area (Å²) in [6.07, 6.45) is 10.7. The average Bonchev–Trinajstić information content (AvgIpc) is 3.12. The number of methoxy groups -OCH3 is 1. The Labute approximate surface area is 178 Å². The number of phenolic OH excluding ortho intramolecular Hbond substituents is 1. The summed E-state index contributed by atoms with van der Waals surface area (Å²) in [6.45, 7) is 3.34. The lowest BCUT2D eigenvalue weighted by atomic mass is 9.36. The van der Waals surface area contributed by atoms with Gasteiger partial charge in [-0.25, -0.2) is 0 Å². The number of ether oxygens (including phenoxy) is 2. The van der Waals surface area contributed by atoms with Gasteiger partial charge in [0.2, 0.25) is 0 Å². The number of aromatic hydroxyl groups is 1. The lowest BCUT2D eigenvalue weighted by Gasteiger charge is -2.70. The summed E-state index contributed by atoms with van der Waals surface area (Å²) >= 11 is 0. The van der Waals surface area contributed by atoms with E-state index < -0.39 is 5.60 Å². The third-order valence-electron chi connectivity index (χ3n) is 9.41. The second-order valence-electron chi connectivity index (χ2n) is 10.2. The summed E-state index contributed by atoms with van der Waals surface area (Å²) in [5.74, 6) is 1.31. The van der Waals surface area contributed by atoms with Gasteiger partial charge in [-0.3, -0.25) is 0 Å². The predicted molar refractivity (Wildman–Crippen MR) is 114 cm³/mol. The zero-order chi connectivity index (χ0) is 20.7. The van der Waals surface area contributed by atoms with Crippen LogP contribution in [0.1, 0.15) is 50.2 Å². The van der Waals surface area contributed by atoms with E-state index in [1.54, 1.807) is 13.2 Å². The fourth-order valence-corrected chi connectivity index (χ4v) is 8.21. The molecule has 5 nitrogen and oxygen atoms in total. The van der Waals surface area contributed by atoms with Gasteiger partial charge in [-0.05, 0) is 49.8 Å². The Morgan fingerprint density at radius 1 is 1.33 bits per heavy atom. The van der Waals surface area contributed by atoms with Gasteiger partial charge in [-0.15, -0.1) is 0 Å². The average molecular weight is 412 g/mol. The molecule has 2 fully saturated rings. The second-order valence-corrected chi connectivity index (χ2v) is 10.2. The highest BCUT2D eigenvalue weighted by Crippen LogP contribution is 2.74. The predicted octanol–water partition coefficient (Wildman–Crippen LogP) is 3.07. The van der Waals surface area contributed by atoms with Crippen molar-refractivity contribution in [3.05, 3.63) is 35.4 Å². The number of aliphatic hydroxyl groups is 1. The van der Waals surface area contributed by atoms with Crippen molar-refractivity contribution in [2.24, 2.45) is 17.3 Å². The molecule has 1 saturated carbocycles. The monoisotopic (exact) mass is 411 g/mol. The Kier molecular flexibility index (Phi) is 3.98. The zero-order valence-corrected chi connectivity index (χ0v) is 18.0. The van der Waals surface area contributed by atoms with Crippen LogP contribution < -0.4 is 10.1 Å². The Morgan fingerprint density at radius 2 is 2.20 bits per heavy atom. The molecule has 1 saturated heterocycles. The maximum absolute atomic E-state index is 10.7. The Morgan fingerprint density at radius 3 is 2.97 bits per heavy atom. The highest BCUT2D eigenvalue weighted by Gasteiger charge is 2.78. The largest absolute Gasteiger partial charge is 0.504 e. The van der Waals surface area contributed by atoms with Crippen LogP contribution in [0.25, 0.3) is 0 Å². The number of aliphatic hydroxyl groups excluding tert-OH is 1. The van der Waals surface area contributed by atoms with Crippen LogP contribution in [0, 0.1) is 17.3 Å². The summed E-state index contributed by atoms with van der Waals surface area (Å²) in [6, 6.07) is 4.23. The first kappa shape index (κ1) is 19.1. The smallest absolute Gasteiger partial charge is 0.165 e. The molecule has 6 aliphatic rings. The first-order valence-electron chi connectivity index (χ1n) is 11.7. The summed E-state index contributed by atoms with van der Waals surface area (Å²) in [4.78, 5) is 0. The molecule has 30 heavy (non-hydrogen) atoms. The molecule has 4 bridgehead atoms. The van der Waals surface area contributed by atoms with Crippen LogP contribution in [0.3, 0.4) is 0 Å².